The van der Waals surface area contributed by atoms with Gasteiger partial charge in [0.2, 0.25) is 5.95 Å². The highest BCUT2D eigenvalue weighted by Crippen LogP contribution is 2.29. The van der Waals surface area contributed by atoms with Gasteiger partial charge in [-0.3, -0.25) is 14.8 Å². The first kappa shape index (κ1) is 19.8. The third-order valence-electron chi connectivity index (χ3n) is 6.40. The Kier molecular flexibility index (Phi) is 4.58. The maximum atomic E-state index is 12.9. The number of carbonyl (C=O) groups excluding carboxylic acids is 1. The molecule has 1 saturated heterocycles. The van der Waals surface area contributed by atoms with Gasteiger partial charge in [-0.05, 0) is 55.3 Å². The van der Waals surface area contributed by atoms with Gasteiger partial charge in [0.05, 0.1) is 11.2 Å². The molecule has 9 heteroatoms. The molecule has 4 aromatic rings. The number of hydrogen-bond acceptors (Lipinski definition) is 7. The average Bonchev–Trinajstić information content (AvgIpc) is 3.37. The molecule has 2 aliphatic rings. The van der Waals surface area contributed by atoms with Crippen molar-refractivity contribution in [1.82, 2.24) is 35.2 Å². The highest BCUT2D eigenvalue weighted by molar-refractivity contribution is 5.97. The van der Waals surface area contributed by atoms with Crippen LogP contribution in [0.3, 0.4) is 0 Å². The summed E-state index contributed by atoms with van der Waals surface area (Å²) in [5, 5.41) is 13.9. The molecule has 2 aromatic carbocycles. The van der Waals surface area contributed by atoms with Crippen molar-refractivity contribution < 1.29 is 4.79 Å². The second kappa shape index (κ2) is 7.63. The summed E-state index contributed by atoms with van der Waals surface area (Å²) >= 11 is 0. The first-order valence-electron chi connectivity index (χ1n) is 11.1. The van der Waals surface area contributed by atoms with Crippen LogP contribution in [0.15, 0.2) is 42.6 Å². The van der Waals surface area contributed by atoms with Crippen LogP contribution in [-0.2, 0) is 13.1 Å². The van der Waals surface area contributed by atoms with E-state index in [1.54, 1.807) is 6.07 Å². The van der Waals surface area contributed by atoms with E-state index >= 15 is 0 Å². The minimum atomic E-state index is 0.0348. The Hall–Kier alpha value is -3.85. The zero-order chi connectivity index (χ0) is 22.5. The van der Waals surface area contributed by atoms with Crippen molar-refractivity contribution >= 4 is 28.6 Å². The number of anilines is 2. The second-order valence-electron chi connectivity index (χ2n) is 8.98. The average molecular weight is 441 g/mol. The summed E-state index contributed by atoms with van der Waals surface area (Å²) in [4.78, 5) is 26.4. The fourth-order valence-corrected chi connectivity index (χ4v) is 4.68. The van der Waals surface area contributed by atoms with Crippen LogP contribution in [0.4, 0.5) is 11.6 Å². The number of amides is 1. The number of fused-ring (bicyclic) bond motifs is 2. The lowest BCUT2D eigenvalue weighted by Gasteiger charge is -2.44. The van der Waals surface area contributed by atoms with Gasteiger partial charge in [-0.25, -0.2) is 9.97 Å². The van der Waals surface area contributed by atoms with Gasteiger partial charge in [-0.1, -0.05) is 11.3 Å². The molecule has 2 aromatic heterocycles. The van der Waals surface area contributed by atoms with Crippen LogP contribution in [0.5, 0.6) is 0 Å². The molecule has 0 atom stereocenters. The molecule has 2 N–H and O–H groups in total. The maximum absolute atomic E-state index is 12.9. The summed E-state index contributed by atoms with van der Waals surface area (Å²) in [5.74, 6) is 0.654. The predicted octanol–water partition coefficient (Wildman–Crippen LogP) is 2.95. The van der Waals surface area contributed by atoms with E-state index in [-0.39, 0.29) is 5.91 Å². The molecule has 6 rings (SSSR count). The molecule has 166 valence electrons. The summed E-state index contributed by atoms with van der Waals surface area (Å²) in [7, 11) is 0. The molecular weight excluding hydrogens is 416 g/mol. The molecule has 0 aliphatic carbocycles. The van der Waals surface area contributed by atoms with Crippen molar-refractivity contribution in [3.63, 3.8) is 0 Å². The quantitative estimate of drug-likeness (QED) is 0.503. The Bertz CT molecular complexity index is 1350. The van der Waals surface area contributed by atoms with Crippen LogP contribution < -0.4 is 5.32 Å². The van der Waals surface area contributed by atoms with Crippen molar-refractivity contribution in [1.29, 1.82) is 0 Å². The monoisotopic (exact) mass is 440 g/mol. The third-order valence-corrected chi connectivity index (χ3v) is 6.40. The van der Waals surface area contributed by atoms with Gasteiger partial charge in [-0.15, -0.1) is 5.10 Å². The Morgan fingerprint density at radius 3 is 2.73 bits per heavy atom. The first-order valence-corrected chi connectivity index (χ1v) is 11.1. The maximum Gasteiger partial charge on any atom is 0.254 e. The van der Waals surface area contributed by atoms with Gasteiger partial charge < -0.3 is 10.2 Å². The minimum absolute atomic E-state index is 0.0348. The number of nitrogens with one attached hydrogen (secondary N) is 2. The number of aromatic amines is 1. The van der Waals surface area contributed by atoms with Crippen LogP contribution in [0.2, 0.25) is 0 Å². The van der Waals surface area contributed by atoms with E-state index in [1.807, 2.05) is 23.2 Å². The van der Waals surface area contributed by atoms with Crippen LogP contribution in [-0.4, -0.2) is 60.2 Å². The first-order chi connectivity index (χ1) is 16.0. The number of rotatable bonds is 4. The van der Waals surface area contributed by atoms with Crippen molar-refractivity contribution in [2.24, 2.45) is 0 Å². The van der Waals surface area contributed by atoms with Crippen LogP contribution >= 0.6 is 0 Å². The molecule has 0 spiro atoms. The normalized spacial score (nSPS) is 16.1. The van der Waals surface area contributed by atoms with Crippen LogP contribution in [0.1, 0.15) is 32.7 Å². The molecule has 33 heavy (non-hydrogen) atoms. The topological polar surface area (TPSA) is 103 Å². The van der Waals surface area contributed by atoms with Gasteiger partial charge in [0.15, 0.2) is 0 Å². The van der Waals surface area contributed by atoms with Crippen molar-refractivity contribution in [3.05, 3.63) is 70.5 Å². The molecular formula is C24H24N8O. The molecule has 9 nitrogen and oxygen atoms in total. The number of aromatic nitrogens is 5. The number of H-pyrrole nitrogens is 1. The summed E-state index contributed by atoms with van der Waals surface area (Å²) in [6, 6.07) is 12.1. The summed E-state index contributed by atoms with van der Waals surface area (Å²) in [6.45, 7) is 7.18. The van der Waals surface area contributed by atoms with E-state index in [9.17, 15) is 4.79 Å². The highest BCUT2D eigenvalue weighted by atomic mass is 16.2. The summed E-state index contributed by atoms with van der Waals surface area (Å²) in [5.41, 5.74) is 7.80. The molecule has 0 radical (unpaired) electrons. The van der Waals surface area contributed by atoms with E-state index in [2.05, 4.69) is 62.7 Å². The van der Waals surface area contributed by atoms with E-state index in [0.29, 0.717) is 36.2 Å². The number of likely N-dealkylation sites (tertiary alicyclic amines) is 1. The number of benzene rings is 2. The van der Waals surface area contributed by atoms with Crippen molar-refractivity contribution in [2.45, 2.75) is 33.0 Å². The Labute approximate surface area is 190 Å². The van der Waals surface area contributed by atoms with Crippen LogP contribution in [0.25, 0.3) is 11.0 Å². The predicted molar refractivity (Wildman–Crippen MR) is 124 cm³/mol. The molecule has 2 aliphatic heterocycles. The van der Waals surface area contributed by atoms with Gasteiger partial charge in [-0.2, -0.15) is 0 Å². The number of carbonyl (C=O) groups is 1. The summed E-state index contributed by atoms with van der Waals surface area (Å²) < 4.78 is 0. The van der Waals surface area contributed by atoms with Gasteiger partial charge in [0.25, 0.3) is 5.91 Å². The number of hydrogen-bond donors (Lipinski definition) is 2. The molecule has 1 amide bonds. The zero-order valence-electron chi connectivity index (χ0n) is 18.5. The van der Waals surface area contributed by atoms with E-state index in [4.69, 9.17) is 4.98 Å². The van der Waals surface area contributed by atoms with Crippen molar-refractivity contribution in [3.8, 4) is 0 Å². The van der Waals surface area contributed by atoms with Gasteiger partial charge in [0.1, 0.15) is 5.52 Å². The lowest BCUT2D eigenvalue weighted by molar-refractivity contribution is 0.0249. The Balaban J connectivity index is 1.09. The van der Waals surface area contributed by atoms with Crippen molar-refractivity contribution in [2.75, 3.05) is 18.4 Å². The van der Waals surface area contributed by atoms with Gasteiger partial charge in [0, 0.05) is 55.2 Å². The number of aryl methyl sites for hydroxylation is 2. The Morgan fingerprint density at radius 2 is 1.91 bits per heavy atom. The number of nitrogens with zero attached hydrogens (tertiary/aromatic N) is 6. The SMILES string of the molecule is Cc1cc(C)cc(Nc2ncc3c(n2)CN(C2CN(C(=O)c4ccc5[nH]nnc5c4)C2)C3)c1. The smallest absolute Gasteiger partial charge is 0.254 e. The molecule has 0 unspecified atom stereocenters. The van der Waals surface area contributed by atoms with E-state index in [0.717, 1.165) is 35.6 Å². The fraction of sp³-hybridized carbons (Fsp3) is 0.292. The van der Waals surface area contributed by atoms with E-state index < -0.39 is 0 Å². The molecule has 4 heterocycles. The lowest BCUT2D eigenvalue weighted by atomic mass is 10.0. The van der Waals surface area contributed by atoms with E-state index in [1.165, 1.54) is 11.1 Å². The molecule has 0 saturated carbocycles. The standard InChI is InChI=1S/C24H24N8O/c1-14-5-15(2)7-18(6-14)26-24-25-9-17-10-31(13-22(17)27-24)19-11-32(12-19)23(33)16-3-4-20-21(8-16)29-30-28-20/h3-9,19H,10-13H2,1-2H3,(H,25,26,27)(H,28,29,30). The Morgan fingerprint density at radius 1 is 1.09 bits per heavy atom. The highest BCUT2D eigenvalue weighted by Gasteiger charge is 2.38. The fourth-order valence-electron chi connectivity index (χ4n) is 4.68. The van der Waals surface area contributed by atoms with Crippen LogP contribution in [0, 0.1) is 13.8 Å². The largest absolute Gasteiger partial charge is 0.335 e. The second-order valence-corrected chi connectivity index (χ2v) is 8.98. The summed E-state index contributed by atoms with van der Waals surface area (Å²) in [6.07, 6.45) is 1.92. The molecule has 1 fully saturated rings. The third kappa shape index (κ3) is 3.70. The minimum Gasteiger partial charge on any atom is -0.335 e. The molecule has 0 bridgehead atoms. The lowest BCUT2D eigenvalue weighted by Crippen LogP contribution is -2.59. The van der Waals surface area contributed by atoms with Gasteiger partial charge >= 0.3 is 0 Å². The zero-order valence-corrected chi connectivity index (χ0v) is 18.5.